The highest BCUT2D eigenvalue weighted by Gasteiger charge is 2.42. The number of likely N-dealkylation sites (N-methyl/N-ethyl adjacent to an activating group) is 1. The van der Waals surface area contributed by atoms with Crippen LogP contribution in [0, 0.1) is 11.8 Å². The Balaban J connectivity index is 2.96. The van der Waals surface area contributed by atoms with Crippen LogP contribution in [-0.4, -0.2) is 44.7 Å². The van der Waals surface area contributed by atoms with Crippen molar-refractivity contribution in [3.8, 4) is 0 Å². The second-order valence-corrected chi connectivity index (χ2v) is 6.16. The summed E-state index contributed by atoms with van der Waals surface area (Å²) in [5.41, 5.74) is 1.44. The second kappa shape index (κ2) is 5.21. The van der Waals surface area contributed by atoms with E-state index in [1.807, 2.05) is 0 Å². The van der Waals surface area contributed by atoms with E-state index >= 15 is 0 Å². The van der Waals surface area contributed by atoms with Crippen molar-refractivity contribution in [2.75, 3.05) is 28.3 Å². The van der Waals surface area contributed by atoms with E-state index in [0.717, 1.165) is 12.8 Å². The molecular weight excluding hydrogens is 214 g/mol. The third kappa shape index (κ3) is 3.32. The maximum absolute atomic E-state index is 12.0. The molecule has 0 aliphatic heterocycles. The Hall–Kier alpha value is -0.830. The molecule has 0 bridgehead atoms. The SMILES string of the molecule is COC(=O)C(C1CCC(C)=CC1C)[N+](C)(C)C. The fraction of sp³-hybridized carbons (Fsp3) is 0.786. The molecule has 0 saturated carbocycles. The summed E-state index contributed by atoms with van der Waals surface area (Å²) in [5.74, 6) is 0.749. The van der Waals surface area contributed by atoms with Gasteiger partial charge in [-0.15, -0.1) is 0 Å². The first kappa shape index (κ1) is 14.2. The largest absolute Gasteiger partial charge is 0.465 e. The maximum Gasteiger partial charge on any atom is 0.365 e. The number of allylic oxidation sites excluding steroid dienone is 2. The van der Waals surface area contributed by atoms with E-state index in [1.54, 1.807) is 0 Å². The van der Waals surface area contributed by atoms with Crippen LogP contribution in [0.4, 0.5) is 0 Å². The van der Waals surface area contributed by atoms with Gasteiger partial charge in [0.15, 0.2) is 6.04 Å². The molecule has 3 unspecified atom stereocenters. The fourth-order valence-corrected chi connectivity index (χ4v) is 2.94. The van der Waals surface area contributed by atoms with Crippen LogP contribution in [-0.2, 0) is 9.53 Å². The predicted octanol–water partition coefficient (Wildman–Crippen LogP) is 2.23. The van der Waals surface area contributed by atoms with Crippen LogP contribution >= 0.6 is 0 Å². The summed E-state index contributed by atoms with van der Waals surface area (Å²) in [4.78, 5) is 12.0. The number of hydrogen-bond acceptors (Lipinski definition) is 2. The predicted molar refractivity (Wildman–Crippen MR) is 69.5 cm³/mol. The van der Waals surface area contributed by atoms with Crippen molar-refractivity contribution in [3.05, 3.63) is 11.6 Å². The number of esters is 1. The Morgan fingerprint density at radius 2 is 2.06 bits per heavy atom. The molecule has 0 aromatic heterocycles. The van der Waals surface area contributed by atoms with Crippen molar-refractivity contribution < 1.29 is 14.0 Å². The van der Waals surface area contributed by atoms with Crippen molar-refractivity contribution in [3.63, 3.8) is 0 Å². The van der Waals surface area contributed by atoms with Crippen molar-refractivity contribution in [1.29, 1.82) is 0 Å². The van der Waals surface area contributed by atoms with Gasteiger partial charge in [-0.05, 0) is 25.7 Å². The van der Waals surface area contributed by atoms with Crippen molar-refractivity contribution in [1.82, 2.24) is 0 Å². The summed E-state index contributed by atoms with van der Waals surface area (Å²) in [7, 11) is 7.69. The smallest absolute Gasteiger partial charge is 0.365 e. The molecule has 1 aliphatic carbocycles. The van der Waals surface area contributed by atoms with E-state index in [-0.39, 0.29) is 12.0 Å². The fourth-order valence-electron chi connectivity index (χ4n) is 2.94. The summed E-state index contributed by atoms with van der Waals surface area (Å²) in [6.07, 6.45) is 4.49. The lowest BCUT2D eigenvalue weighted by Gasteiger charge is -2.40. The summed E-state index contributed by atoms with van der Waals surface area (Å²) in [5, 5.41) is 0. The highest BCUT2D eigenvalue weighted by molar-refractivity contribution is 5.75. The normalized spacial score (nSPS) is 27.3. The van der Waals surface area contributed by atoms with Gasteiger partial charge in [-0.2, -0.15) is 0 Å². The molecular formula is C14H26NO2+. The number of nitrogens with zero attached hydrogens (tertiary/aromatic N) is 1. The van der Waals surface area contributed by atoms with Crippen LogP contribution in [0.25, 0.3) is 0 Å². The van der Waals surface area contributed by atoms with Gasteiger partial charge in [0, 0.05) is 5.92 Å². The number of carbonyl (C=O) groups excluding carboxylic acids is 1. The minimum Gasteiger partial charge on any atom is -0.465 e. The molecule has 0 heterocycles. The number of carbonyl (C=O) groups is 1. The molecule has 0 radical (unpaired) electrons. The number of rotatable bonds is 3. The number of hydrogen-bond donors (Lipinski definition) is 0. The van der Waals surface area contributed by atoms with Crippen LogP contribution in [0.2, 0.25) is 0 Å². The second-order valence-electron chi connectivity index (χ2n) is 6.16. The van der Waals surface area contributed by atoms with Gasteiger partial charge in [-0.3, -0.25) is 0 Å². The van der Waals surface area contributed by atoms with Gasteiger partial charge in [0.05, 0.1) is 28.3 Å². The average Bonchev–Trinajstić information content (AvgIpc) is 2.19. The zero-order chi connectivity index (χ0) is 13.2. The lowest BCUT2D eigenvalue weighted by atomic mass is 9.77. The molecule has 0 N–H and O–H groups in total. The van der Waals surface area contributed by atoms with Gasteiger partial charge < -0.3 is 9.22 Å². The minimum absolute atomic E-state index is 0.0700. The van der Waals surface area contributed by atoms with E-state index in [2.05, 4.69) is 41.1 Å². The quantitative estimate of drug-likeness (QED) is 0.429. The molecule has 3 nitrogen and oxygen atoms in total. The average molecular weight is 240 g/mol. The molecule has 0 aromatic rings. The van der Waals surface area contributed by atoms with E-state index < -0.39 is 0 Å². The summed E-state index contributed by atoms with van der Waals surface area (Å²) >= 11 is 0. The van der Waals surface area contributed by atoms with Crippen LogP contribution in [0.3, 0.4) is 0 Å². The molecule has 3 heteroatoms. The van der Waals surface area contributed by atoms with Crippen LogP contribution in [0.5, 0.6) is 0 Å². The van der Waals surface area contributed by atoms with Crippen LogP contribution < -0.4 is 0 Å². The Kier molecular flexibility index (Phi) is 4.36. The van der Waals surface area contributed by atoms with Crippen molar-refractivity contribution in [2.45, 2.75) is 32.7 Å². The molecule has 3 atom stereocenters. The molecule has 0 saturated heterocycles. The molecule has 98 valence electrons. The molecule has 0 fully saturated rings. The molecule has 1 rings (SSSR count). The van der Waals surface area contributed by atoms with E-state index in [9.17, 15) is 4.79 Å². The van der Waals surface area contributed by atoms with Gasteiger partial charge in [-0.1, -0.05) is 18.6 Å². The number of quaternary nitrogens is 1. The zero-order valence-electron chi connectivity index (χ0n) is 12.0. The molecule has 0 aromatic carbocycles. The molecule has 1 aliphatic rings. The van der Waals surface area contributed by atoms with Crippen LogP contribution in [0.15, 0.2) is 11.6 Å². The van der Waals surface area contributed by atoms with Crippen molar-refractivity contribution in [2.24, 2.45) is 11.8 Å². The van der Waals surface area contributed by atoms with Gasteiger partial charge in [0.2, 0.25) is 0 Å². The topological polar surface area (TPSA) is 26.3 Å². The Bertz CT molecular complexity index is 315. The molecule has 0 spiro atoms. The highest BCUT2D eigenvalue weighted by Crippen LogP contribution is 2.34. The highest BCUT2D eigenvalue weighted by atomic mass is 16.5. The molecule has 0 amide bonds. The van der Waals surface area contributed by atoms with Crippen molar-refractivity contribution >= 4 is 5.97 Å². The van der Waals surface area contributed by atoms with Gasteiger partial charge in [-0.25, -0.2) is 4.79 Å². The Morgan fingerprint density at radius 1 is 1.47 bits per heavy atom. The summed E-state index contributed by atoms with van der Waals surface area (Å²) < 4.78 is 5.63. The third-order valence-corrected chi connectivity index (χ3v) is 3.78. The number of methoxy groups -OCH3 is 1. The Labute approximate surface area is 105 Å². The summed E-state index contributed by atoms with van der Waals surface area (Å²) in [6.45, 7) is 4.38. The monoisotopic (exact) mass is 240 g/mol. The van der Waals surface area contributed by atoms with E-state index in [0.29, 0.717) is 16.3 Å². The first-order valence-corrected chi connectivity index (χ1v) is 6.33. The van der Waals surface area contributed by atoms with Crippen LogP contribution in [0.1, 0.15) is 26.7 Å². The first-order valence-electron chi connectivity index (χ1n) is 6.33. The minimum atomic E-state index is -0.0812. The summed E-state index contributed by atoms with van der Waals surface area (Å²) in [6, 6.07) is -0.0700. The van der Waals surface area contributed by atoms with Gasteiger partial charge in [0.25, 0.3) is 0 Å². The lowest BCUT2D eigenvalue weighted by molar-refractivity contribution is -0.891. The van der Waals surface area contributed by atoms with E-state index in [1.165, 1.54) is 12.7 Å². The first-order chi connectivity index (χ1) is 7.77. The van der Waals surface area contributed by atoms with Gasteiger partial charge in [0.1, 0.15) is 0 Å². The zero-order valence-corrected chi connectivity index (χ0v) is 12.0. The maximum atomic E-state index is 12.0. The molecule has 17 heavy (non-hydrogen) atoms. The lowest BCUT2D eigenvalue weighted by Crippen LogP contribution is -2.55. The standard InChI is InChI=1S/C14H26NO2/c1-10-7-8-12(11(2)9-10)13(14(16)17-6)15(3,4)5/h9,11-13H,7-8H2,1-6H3/q+1. The Morgan fingerprint density at radius 3 is 2.47 bits per heavy atom. The van der Waals surface area contributed by atoms with Gasteiger partial charge >= 0.3 is 5.97 Å². The third-order valence-electron chi connectivity index (χ3n) is 3.78. The number of ether oxygens (including phenoxy) is 1. The van der Waals surface area contributed by atoms with E-state index in [4.69, 9.17) is 4.74 Å².